The molecule has 0 aromatic carbocycles. The van der Waals surface area contributed by atoms with Gasteiger partial charge in [-0.25, -0.2) is 10.8 Å². The van der Waals surface area contributed by atoms with Crippen molar-refractivity contribution in [2.75, 3.05) is 32.1 Å². The molecule has 1 amide bonds. The molecule has 3 N–H and O–H groups in total. The fourth-order valence-electron chi connectivity index (χ4n) is 2.22. The van der Waals surface area contributed by atoms with E-state index in [-0.39, 0.29) is 11.9 Å². The molecule has 0 spiro atoms. The number of hydrogen-bond donors (Lipinski definition) is 2. The van der Waals surface area contributed by atoms with Crippen molar-refractivity contribution < 1.29 is 4.79 Å². The second-order valence-corrected chi connectivity index (χ2v) is 4.66. The van der Waals surface area contributed by atoms with Crippen LogP contribution in [-0.2, 0) is 0 Å². The molecule has 1 saturated heterocycles. The van der Waals surface area contributed by atoms with Crippen LogP contribution in [0.15, 0.2) is 18.2 Å². The lowest BCUT2D eigenvalue weighted by molar-refractivity contribution is 0.0528. The number of amides is 1. The lowest BCUT2D eigenvalue weighted by atomic mass is 10.2. The van der Waals surface area contributed by atoms with Crippen molar-refractivity contribution in [3.8, 4) is 0 Å². The molecular weight excluding hydrogens is 230 g/mol. The lowest BCUT2D eigenvalue weighted by Gasteiger charge is -2.38. The van der Waals surface area contributed by atoms with E-state index < -0.39 is 0 Å². The van der Waals surface area contributed by atoms with Crippen LogP contribution in [0.5, 0.6) is 0 Å². The number of nitrogens with zero attached hydrogens (tertiary/aromatic N) is 3. The Balaban J connectivity index is 2.15. The van der Waals surface area contributed by atoms with Crippen LogP contribution in [0.3, 0.4) is 0 Å². The third-order valence-electron chi connectivity index (χ3n) is 3.21. The molecule has 2 rings (SSSR count). The minimum absolute atomic E-state index is 0.0345. The summed E-state index contributed by atoms with van der Waals surface area (Å²) in [6, 6.07) is 5.42. The molecule has 0 aliphatic carbocycles. The van der Waals surface area contributed by atoms with E-state index in [0.29, 0.717) is 11.5 Å². The van der Waals surface area contributed by atoms with Gasteiger partial charge in [0, 0.05) is 25.7 Å². The number of hydrogen-bond acceptors (Lipinski definition) is 5. The van der Waals surface area contributed by atoms with Crippen LogP contribution >= 0.6 is 0 Å². The first-order chi connectivity index (χ1) is 8.61. The second-order valence-electron chi connectivity index (χ2n) is 4.66. The van der Waals surface area contributed by atoms with Crippen molar-refractivity contribution in [3.63, 3.8) is 0 Å². The van der Waals surface area contributed by atoms with Gasteiger partial charge in [0.1, 0.15) is 11.5 Å². The molecule has 1 aliphatic rings. The Bertz CT molecular complexity index is 436. The Morgan fingerprint density at radius 3 is 2.94 bits per heavy atom. The van der Waals surface area contributed by atoms with Crippen molar-refractivity contribution >= 4 is 11.7 Å². The molecule has 1 aliphatic heterocycles. The van der Waals surface area contributed by atoms with Gasteiger partial charge in [0.25, 0.3) is 5.91 Å². The third-order valence-corrected chi connectivity index (χ3v) is 3.21. The maximum atomic E-state index is 12.4. The summed E-state index contributed by atoms with van der Waals surface area (Å²) in [5, 5.41) is 0. The molecule has 1 atom stereocenters. The van der Waals surface area contributed by atoms with Gasteiger partial charge in [0.2, 0.25) is 0 Å². The van der Waals surface area contributed by atoms with Crippen LogP contribution < -0.4 is 11.3 Å². The van der Waals surface area contributed by atoms with E-state index in [1.807, 2.05) is 4.90 Å². The van der Waals surface area contributed by atoms with Crippen molar-refractivity contribution in [1.29, 1.82) is 0 Å². The summed E-state index contributed by atoms with van der Waals surface area (Å²) in [5.74, 6) is 5.77. The smallest absolute Gasteiger partial charge is 0.272 e. The zero-order chi connectivity index (χ0) is 13.1. The average Bonchev–Trinajstić information content (AvgIpc) is 2.38. The minimum Gasteiger partial charge on any atom is -0.332 e. The molecule has 2 heterocycles. The number of pyridine rings is 1. The number of nitrogen functional groups attached to an aromatic ring is 1. The van der Waals surface area contributed by atoms with Gasteiger partial charge in [0.05, 0.1) is 0 Å². The maximum Gasteiger partial charge on any atom is 0.272 e. The van der Waals surface area contributed by atoms with Crippen LogP contribution in [0.2, 0.25) is 0 Å². The summed E-state index contributed by atoms with van der Waals surface area (Å²) < 4.78 is 0. The van der Waals surface area contributed by atoms with Crippen molar-refractivity contribution in [1.82, 2.24) is 14.8 Å². The summed E-state index contributed by atoms with van der Waals surface area (Å²) in [5.41, 5.74) is 2.89. The SMILES string of the molecule is CC1CN(C)CCN1C(=O)c1cccc(NN)n1. The molecule has 0 radical (unpaired) electrons. The number of carbonyl (C=O) groups is 1. The van der Waals surface area contributed by atoms with E-state index >= 15 is 0 Å². The fourth-order valence-corrected chi connectivity index (χ4v) is 2.22. The number of anilines is 1. The van der Waals surface area contributed by atoms with Gasteiger partial charge in [-0.15, -0.1) is 0 Å². The Kier molecular flexibility index (Phi) is 3.78. The topological polar surface area (TPSA) is 74.5 Å². The molecule has 98 valence electrons. The highest BCUT2D eigenvalue weighted by atomic mass is 16.2. The molecule has 1 unspecified atom stereocenters. The second kappa shape index (κ2) is 5.32. The predicted octanol–water partition coefficient (Wildman–Crippen LogP) is 0.143. The van der Waals surface area contributed by atoms with E-state index in [0.717, 1.165) is 19.6 Å². The number of carbonyl (C=O) groups excluding carboxylic acids is 1. The third kappa shape index (κ3) is 2.60. The van der Waals surface area contributed by atoms with E-state index in [1.165, 1.54) is 0 Å². The first kappa shape index (κ1) is 12.8. The summed E-state index contributed by atoms with van der Waals surface area (Å²) >= 11 is 0. The summed E-state index contributed by atoms with van der Waals surface area (Å²) in [6.07, 6.45) is 0. The first-order valence-electron chi connectivity index (χ1n) is 6.05. The van der Waals surface area contributed by atoms with Gasteiger partial charge in [0.15, 0.2) is 0 Å². The summed E-state index contributed by atoms with van der Waals surface area (Å²) in [4.78, 5) is 20.6. The number of rotatable bonds is 2. The number of aromatic nitrogens is 1. The van der Waals surface area contributed by atoms with Gasteiger partial charge in [-0.3, -0.25) is 4.79 Å². The number of hydrazine groups is 1. The Labute approximate surface area is 107 Å². The van der Waals surface area contributed by atoms with Gasteiger partial charge < -0.3 is 15.2 Å². The molecule has 1 fully saturated rings. The maximum absolute atomic E-state index is 12.4. The molecule has 0 bridgehead atoms. The van der Waals surface area contributed by atoms with Crippen LogP contribution in [0.4, 0.5) is 5.82 Å². The van der Waals surface area contributed by atoms with Gasteiger partial charge in [-0.05, 0) is 26.1 Å². The number of piperazine rings is 1. The molecule has 18 heavy (non-hydrogen) atoms. The summed E-state index contributed by atoms with van der Waals surface area (Å²) in [7, 11) is 2.07. The van der Waals surface area contributed by atoms with Crippen molar-refractivity contribution in [2.45, 2.75) is 13.0 Å². The van der Waals surface area contributed by atoms with E-state index in [9.17, 15) is 4.79 Å². The monoisotopic (exact) mass is 249 g/mol. The van der Waals surface area contributed by atoms with Crippen LogP contribution in [0.1, 0.15) is 17.4 Å². The van der Waals surface area contributed by atoms with Crippen LogP contribution in [0.25, 0.3) is 0 Å². The predicted molar refractivity (Wildman–Crippen MR) is 70.0 cm³/mol. The summed E-state index contributed by atoms with van der Waals surface area (Å²) in [6.45, 7) is 4.57. The molecule has 1 aromatic heterocycles. The Hall–Kier alpha value is -1.66. The highest BCUT2D eigenvalue weighted by molar-refractivity contribution is 5.93. The molecule has 6 heteroatoms. The van der Waals surface area contributed by atoms with Crippen LogP contribution in [0, 0.1) is 0 Å². The van der Waals surface area contributed by atoms with Gasteiger partial charge >= 0.3 is 0 Å². The zero-order valence-electron chi connectivity index (χ0n) is 10.8. The molecule has 0 saturated carbocycles. The normalized spacial score (nSPS) is 20.8. The van der Waals surface area contributed by atoms with Gasteiger partial charge in [-0.1, -0.05) is 6.07 Å². The first-order valence-corrected chi connectivity index (χ1v) is 6.05. The Morgan fingerprint density at radius 2 is 2.28 bits per heavy atom. The fraction of sp³-hybridized carbons (Fsp3) is 0.500. The standard InChI is InChI=1S/C12H19N5O/c1-9-8-16(2)6-7-17(9)12(18)10-4-3-5-11(14-10)15-13/h3-5,9H,6-8,13H2,1-2H3,(H,14,15). The molecule has 6 nitrogen and oxygen atoms in total. The number of nitrogens with two attached hydrogens (primary N) is 1. The van der Waals surface area contributed by atoms with E-state index in [2.05, 4.69) is 29.3 Å². The zero-order valence-corrected chi connectivity index (χ0v) is 10.8. The molecule has 1 aromatic rings. The Morgan fingerprint density at radius 1 is 1.50 bits per heavy atom. The quantitative estimate of drug-likeness (QED) is 0.576. The highest BCUT2D eigenvalue weighted by Gasteiger charge is 2.27. The molecular formula is C12H19N5O. The largest absolute Gasteiger partial charge is 0.332 e. The van der Waals surface area contributed by atoms with Crippen molar-refractivity contribution in [3.05, 3.63) is 23.9 Å². The van der Waals surface area contributed by atoms with E-state index in [4.69, 9.17) is 5.84 Å². The van der Waals surface area contributed by atoms with Crippen LogP contribution in [-0.4, -0.2) is 53.4 Å². The highest BCUT2D eigenvalue weighted by Crippen LogP contribution is 2.13. The number of likely N-dealkylation sites (N-methyl/N-ethyl adjacent to an activating group) is 1. The number of nitrogens with one attached hydrogen (secondary N) is 1. The van der Waals surface area contributed by atoms with E-state index in [1.54, 1.807) is 18.2 Å². The average molecular weight is 249 g/mol. The minimum atomic E-state index is -0.0345. The van der Waals surface area contributed by atoms with Gasteiger partial charge in [-0.2, -0.15) is 0 Å². The van der Waals surface area contributed by atoms with Crippen molar-refractivity contribution in [2.24, 2.45) is 5.84 Å². The lowest BCUT2D eigenvalue weighted by Crippen LogP contribution is -2.52.